The Kier molecular flexibility index (Phi) is 8.73. The molecular formula is C31H37F3N8O3S. The fourth-order valence-corrected chi connectivity index (χ4v) is 7.56. The molecule has 0 aromatic carbocycles. The minimum atomic E-state index is -4.48. The molecule has 0 amide bonds. The summed E-state index contributed by atoms with van der Waals surface area (Å²) in [4.78, 5) is 17.8. The molecule has 0 radical (unpaired) electrons. The molecule has 3 aliphatic rings. The number of piperidine rings is 1. The van der Waals surface area contributed by atoms with Gasteiger partial charge in [-0.1, -0.05) is 18.8 Å². The van der Waals surface area contributed by atoms with Crippen LogP contribution in [0.1, 0.15) is 44.6 Å². The Morgan fingerprint density at radius 3 is 2.59 bits per heavy atom. The van der Waals surface area contributed by atoms with Gasteiger partial charge in [0.05, 0.1) is 40.4 Å². The second-order valence-electron chi connectivity index (χ2n) is 12.9. The van der Waals surface area contributed by atoms with Crippen LogP contribution in [0.25, 0.3) is 11.4 Å². The number of alkyl halides is 3. The van der Waals surface area contributed by atoms with Gasteiger partial charge < -0.3 is 19.9 Å². The van der Waals surface area contributed by atoms with E-state index in [-0.39, 0.29) is 18.4 Å². The van der Waals surface area contributed by atoms with Gasteiger partial charge in [-0.05, 0) is 57.7 Å². The molecule has 246 valence electrons. The van der Waals surface area contributed by atoms with Crippen LogP contribution in [0.15, 0.2) is 36.9 Å². The van der Waals surface area contributed by atoms with E-state index in [4.69, 9.17) is 4.74 Å². The summed E-state index contributed by atoms with van der Waals surface area (Å²) in [5, 5.41) is 6.82. The number of anilines is 3. The molecule has 1 aliphatic carbocycles. The number of aromatic nitrogens is 5. The maximum atomic E-state index is 13.5. The molecule has 2 atom stereocenters. The number of hydrogen-bond acceptors (Lipinski definition) is 10. The summed E-state index contributed by atoms with van der Waals surface area (Å²) < 4.78 is 71.5. The van der Waals surface area contributed by atoms with E-state index >= 15 is 0 Å². The second kappa shape index (κ2) is 12.5. The van der Waals surface area contributed by atoms with E-state index in [1.165, 1.54) is 12.4 Å². The number of ether oxygens (including phenoxy) is 1. The molecule has 1 unspecified atom stereocenters. The average molecular weight is 659 g/mol. The number of pyridine rings is 1. The van der Waals surface area contributed by atoms with Crippen LogP contribution in [0.4, 0.5) is 30.5 Å². The molecule has 3 aromatic heterocycles. The van der Waals surface area contributed by atoms with Crippen molar-refractivity contribution in [1.29, 1.82) is 0 Å². The summed E-state index contributed by atoms with van der Waals surface area (Å²) in [7, 11) is 0.605. The predicted octanol–water partition coefficient (Wildman–Crippen LogP) is 4.31. The first-order chi connectivity index (χ1) is 21.8. The van der Waals surface area contributed by atoms with Crippen molar-refractivity contribution in [2.75, 3.05) is 50.6 Å². The highest BCUT2D eigenvalue weighted by atomic mass is 32.2. The van der Waals surface area contributed by atoms with E-state index in [0.717, 1.165) is 42.3 Å². The summed E-state index contributed by atoms with van der Waals surface area (Å²) in [6.45, 7) is 4.77. The quantitative estimate of drug-likeness (QED) is 0.351. The van der Waals surface area contributed by atoms with E-state index in [2.05, 4.69) is 68.0 Å². The normalized spacial score (nSPS) is 21.7. The van der Waals surface area contributed by atoms with Gasteiger partial charge in [0, 0.05) is 44.7 Å². The van der Waals surface area contributed by atoms with Crippen molar-refractivity contribution >= 4 is 27.3 Å². The van der Waals surface area contributed by atoms with Gasteiger partial charge in [0.15, 0.2) is 11.9 Å². The Hall–Kier alpha value is -3.74. The van der Waals surface area contributed by atoms with Crippen molar-refractivity contribution in [3.05, 3.63) is 42.5 Å². The van der Waals surface area contributed by atoms with Gasteiger partial charge in [0.25, 0.3) is 10.0 Å². The Balaban J connectivity index is 1.26. The van der Waals surface area contributed by atoms with Gasteiger partial charge in [0.1, 0.15) is 11.6 Å². The zero-order valence-corrected chi connectivity index (χ0v) is 26.8. The van der Waals surface area contributed by atoms with E-state index in [0.29, 0.717) is 41.4 Å². The fourth-order valence-electron chi connectivity index (χ4n) is 6.09. The Morgan fingerprint density at radius 1 is 1.13 bits per heavy atom. The third-order valence-electron chi connectivity index (χ3n) is 8.63. The van der Waals surface area contributed by atoms with Gasteiger partial charge in [-0.2, -0.15) is 22.4 Å². The van der Waals surface area contributed by atoms with Crippen molar-refractivity contribution in [3.8, 4) is 23.2 Å². The van der Waals surface area contributed by atoms with E-state index in [1.807, 2.05) is 6.07 Å². The van der Waals surface area contributed by atoms with Crippen LogP contribution >= 0.6 is 0 Å². The van der Waals surface area contributed by atoms with Crippen molar-refractivity contribution in [1.82, 2.24) is 29.0 Å². The Bertz CT molecular complexity index is 1740. The maximum Gasteiger partial charge on any atom is 0.415 e. The van der Waals surface area contributed by atoms with Crippen molar-refractivity contribution in [2.45, 2.75) is 56.6 Å². The van der Waals surface area contributed by atoms with Crippen LogP contribution < -0.4 is 10.2 Å². The number of rotatable bonds is 8. The Morgan fingerprint density at radius 2 is 1.89 bits per heavy atom. The van der Waals surface area contributed by atoms with Crippen LogP contribution in [0.5, 0.6) is 0 Å². The molecule has 2 saturated heterocycles. The molecule has 6 rings (SSSR count). The number of hydrogen-bond donors (Lipinski definition) is 1. The van der Waals surface area contributed by atoms with Crippen molar-refractivity contribution in [2.24, 2.45) is 11.3 Å². The summed E-state index contributed by atoms with van der Waals surface area (Å²) in [5.74, 6) is 6.07. The maximum absolute atomic E-state index is 13.5. The first kappa shape index (κ1) is 32.2. The molecule has 11 nitrogen and oxygen atoms in total. The number of nitrogens with one attached hydrogen (secondary N) is 1. The highest BCUT2D eigenvalue weighted by Crippen LogP contribution is 2.37. The first-order valence-electron chi connectivity index (χ1n) is 15.3. The number of halogens is 3. The van der Waals surface area contributed by atoms with E-state index in [1.54, 1.807) is 18.5 Å². The molecule has 3 fully saturated rings. The third kappa shape index (κ3) is 7.13. The fraction of sp³-hybridized carbons (Fsp3) is 0.548. The van der Waals surface area contributed by atoms with Crippen molar-refractivity contribution < 1.29 is 26.3 Å². The van der Waals surface area contributed by atoms with Crippen LogP contribution in [0, 0.1) is 23.2 Å². The summed E-state index contributed by atoms with van der Waals surface area (Å²) in [5.41, 5.74) is 1.92. The second-order valence-corrected chi connectivity index (χ2v) is 14.9. The Labute approximate surface area is 266 Å². The average Bonchev–Trinajstić information content (AvgIpc) is 3.54. The molecule has 5 heterocycles. The molecule has 15 heteroatoms. The first-order valence-corrected chi connectivity index (χ1v) is 16.8. The van der Waals surface area contributed by atoms with Gasteiger partial charge in [-0.25, -0.2) is 23.4 Å². The highest BCUT2D eigenvalue weighted by molar-refractivity contribution is 7.90. The zero-order valence-electron chi connectivity index (χ0n) is 26.0. The van der Waals surface area contributed by atoms with E-state index < -0.39 is 33.5 Å². The molecule has 1 saturated carbocycles. The number of nitrogens with zero attached hydrogens (tertiary/aromatic N) is 7. The zero-order chi connectivity index (χ0) is 32.7. The lowest BCUT2D eigenvalue weighted by atomic mass is 9.80. The molecule has 1 N–H and O–H groups in total. The van der Waals surface area contributed by atoms with Crippen molar-refractivity contribution in [3.63, 3.8) is 0 Å². The minimum absolute atomic E-state index is 0.0200. The lowest BCUT2D eigenvalue weighted by molar-refractivity contribution is -0.212. The van der Waals surface area contributed by atoms with E-state index in [9.17, 15) is 21.6 Å². The topological polar surface area (TPSA) is 118 Å². The summed E-state index contributed by atoms with van der Waals surface area (Å²) >= 11 is 0. The van der Waals surface area contributed by atoms with Gasteiger partial charge in [-0.3, -0.25) is 0 Å². The SMILES string of the molecule is CN(C)CC1(C)CCN(c2cc(Nc3ccnc(-c4cnn(S(=O)(=O)C5CC5)c4)n3)ncc2C#CC2CCO[C@H]2C(F)(F)F)CC1. The molecule has 0 spiro atoms. The molecule has 3 aromatic rings. The predicted molar refractivity (Wildman–Crippen MR) is 167 cm³/mol. The lowest BCUT2D eigenvalue weighted by Crippen LogP contribution is -2.43. The molecular weight excluding hydrogens is 621 g/mol. The lowest BCUT2D eigenvalue weighted by Gasteiger charge is -2.42. The van der Waals surface area contributed by atoms with Gasteiger partial charge in [0.2, 0.25) is 0 Å². The van der Waals surface area contributed by atoms with Crippen LogP contribution in [-0.4, -0.2) is 95.3 Å². The van der Waals surface area contributed by atoms with Gasteiger partial charge in [-0.15, -0.1) is 0 Å². The molecule has 2 aliphatic heterocycles. The van der Waals surface area contributed by atoms with Crippen LogP contribution in [0.2, 0.25) is 0 Å². The standard InChI is InChI=1S/C31H37F3N8O3S/c1-30(20-40(2)3)10-13-41(14-11-30)25-16-27(36-17-22(25)5-4-21-9-15-45-28(21)31(32,33)34)38-26-8-12-35-29(39-26)23-18-37-42(19-23)46(43,44)24-6-7-24/h8,12,16-19,21,24,28H,6-7,9-11,13-15,20H2,1-3H3,(H,35,36,38,39)/t21?,28-/m1/s1. The third-order valence-corrected chi connectivity index (χ3v) is 10.7. The highest BCUT2D eigenvalue weighted by Gasteiger charge is 2.48. The molecule has 0 bridgehead atoms. The smallest absolute Gasteiger partial charge is 0.370 e. The van der Waals surface area contributed by atoms with Crippen LogP contribution in [-0.2, 0) is 14.8 Å². The largest absolute Gasteiger partial charge is 0.415 e. The summed E-state index contributed by atoms with van der Waals surface area (Å²) in [6, 6.07) is 3.50. The molecule has 46 heavy (non-hydrogen) atoms. The summed E-state index contributed by atoms with van der Waals surface area (Å²) in [6.07, 6.45) is 2.93. The van der Waals surface area contributed by atoms with Crippen LogP contribution in [0.3, 0.4) is 0 Å². The minimum Gasteiger partial charge on any atom is -0.370 e. The van der Waals surface area contributed by atoms with Gasteiger partial charge >= 0.3 is 6.18 Å². The monoisotopic (exact) mass is 658 g/mol.